The Bertz CT molecular complexity index is 1030. The minimum Gasteiger partial charge on any atom is -0.493 e. The van der Waals surface area contributed by atoms with Crippen LogP contribution in [-0.4, -0.2) is 32.2 Å². The van der Waals surface area contributed by atoms with Crippen LogP contribution >= 0.6 is 0 Å². The van der Waals surface area contributed by atoms with Gasteiger partial charge in [0.1, 0.15) is 0 Å². The molecule has 0 saturated heterocycles. The molecule has 0 unspecified atom stereocenters. The van der Waals surface area contributed by atoms with Crippen LogP contribution in [0.1, 0.15) is 17.3 Å². The fraction of sp³-hybridized carbons (Fsp3) is 0.167. The lowest BCUT2D eigenvalue weighted by Gasteiger charge is -2.16. The predicted octanol–water partition coefficient (Wildman–Crippen LogP) is 4.55. The van der Waals surface area contributed by atoms with E-state index in [-0.39, 0.29) is 5.56 Å². The number of hydrogen-bond donors (Lipinski definition) is 1. The van der Waals surface area contributed by atoms with E-state index in [0.717, 1.165) is 11.1 Å². The first kappa shape index (κ1) is 20.9. The molecular weight excluding hydrogens is 382 g/mol. The third kappa shape index (κ3) is 4.78. The zero-order valence-electron chi connectivity index (χ0n) is 17.0. The molecule has 0 radical (unpaired) electrons. The minimum absolute atomic E-state index is 0.261. The number of rotatable bonds is 7. The Morgan fingerprint density at radius 2 is 1.50 bits per heavy atom. The van der Waals surface area contributed by atoms with Crippen LogP contribution in [0, 0.1) is 0 Å². The van der Waals surface area contributed by atoms with Crippen molar-refractivity contribution in [3.8, 4) is 22.6 Å². The van der Waals surface area contributed by atoms with E-state index in [0.29, 0.717) is 17.2 Å². The van der Waals surface area contributed by atoms with Gasteiger partial charge in [0.15, 0.2) is 17.6 Å². The molecule has 0 aromatic heterocycles. The van der Waals surface area contributed by atoms with Crippen molar-refractivity contribution in [1.29, 1.82) is 0 Å². The lowest BCUT2D eigenvalue weighted by molar-refractivity contribution is -0.123. The highest BCUT2D eigenvalue weighted by molar-refractivity contribution is 6.00. The van der Waals surface area contributed by atoms with Gasteiger partial charge in [0.05, 0.1) is 19.8 Å². The Balaban J connectivity index is 1.71. The standard InChI is InChI=1S/C24H23NO5/c1-16(30-24(27)18-13-14-21(28-2)22(15-18)29-3)23(26)25-20-12-8-7-11-19(20)17-9-5-4-6-10-17/h4-16H,1-3H3,(H,25,26)/t16-/m1/s1. The Kier molecular flexibility index (Phi) is 6.70. The fourth-order valence-corrected chi connectivity index (χ4v) is 2.94. The third-order valence-electron chi connectivity index (χ3n) is 4.54. The summed E-state index contributed by atoms with van der Waals surface area (Å²) < 4.78 is 15.7. The molecule has 30 heavy (non-hydrogen) atoms. The van der Waals surface area contributed by atoms with Gasteiger partial charge < -0.3 is 19.5 Å². The monoisotopic (exact) mass is 405 g/mol. The average molecular weight is 405 g/mol. The summed E-state index contributed by atoms with van der Waals surface area (Å²) in [4.78, 5) is 25.1. The second kappa shape index (κ2) is 9.60. The van der Waals surface area contributed by atoms with Crippen LogP contribution in [0.15, 0.2) is 72.8 Å². The minimum atomic E-state index is -0.991. The van der Waals surface area contributed by atoms with E-state index in [1.54, 1.807) is 12.1 Å². The zero-order valence-corrected chi connectivity index (χ0v) is 17.0. The second-order valence-corrected chi connectivity index (χ2v) is 6.52. The van der Waals surface area contributed by atoms with Crippen molar-refractivity contribution in [2.45, 2.75) is 13.0 Å². The van der Waals surface area contributed by atoms with E-state index >= 15 is 0 Å². The first-order valence-corrected chi connectivity index (χ1v) is 9.41. The number of amides is 1. The maximum atomic E-state index is 12.7. The molecular formula is C24H23NO5. The number of anilines is 1. The largest absolute Gasteiger partial charge is 0.493 e. The smallest absolute Gasteiger partial charge is 0.339 e. The topological polar surface area (TPSA) is 73.9 Å². The molecule has 0 spiro atoms. The number of esters is 1. The quantitative estimate of drug-likeness (QED) is 0.584. The third-order valence-corrected chi connectivity index (χ3v) is 4.54. The Morgan fingerprint density at radius 3 is 2.20 bits per heavy atom. The van der Waals surface area contributed by atoms with Crippen LogP contribution in [0.3, 0.4) is 0 Å². The molecule has 1 N–H and O–H groups in total. The van der Waals surface area contributed by atoms with Gasteiger partial charge in [-0.1, -0.05) is 48.5 Å². The summed E-state index contributed by atoms with van der Waals surface area (Å²) in [7, 11) is 2.99. The van der Waals surface area contributed by atoms with Crippen LogP contribution in [0.4, 0.5) is 5.69 Å². The second-order valence-electron chi connectivity index (χ2n) is 6.52. The van der Waals surface area contributed by atoms with Crippen LogP contribution in [-0.2, 0) is 9.53 Å². The molecule has 6 heteroatoms. The lowest BCUT2D eigenvalue weighted by Crippen LogP contribution is -2.30. The SMILES string of the molecule is COc1ccc(C(=O)O[C@H](C)C(=O)Nc2ccccc2-c2ccccc2)cc1OC. The number of ether oxygens (including phenoxy) is 3. The van der Waals surface area contributed by atoms with Gasteiger partial charge in [-0.25, -0.2) is 4.79 Å². The van der Waals surface area contributed by atoms with Gasteiger partial charge >= 0.3 is 5.97 Å². The van der Waals surface area contributed by atoms with Gasteiger partial charge in [-0.05, 0) is 36.8 Å². The van der Waals surface area contributed by atoms with E-state index in [2.05, 4.69) is 5.32 Å². The van der Waals surface area contributed by atoms with Gasteiger partial charge in [-0.2, -0.15) is 0 Å². The van der Waals surface area contributed by atoms with Crippen LogP contribution in [0.5, 0.6) is 11.5 Å². The summed E-state index contributed by atoms with van der Waals surface area (Å²) in [6.45, 7) is 1.53. The predicted molar refractivity (Wildman–Crippen MR) is 115 cm³/mol. The fourth-order valence-electron chi connectivity index (χ4n) is 2.94. The number of nitrogens with one attached hydrogen (secondary N) is 1. The normalized spacial score (nSPS) is 11.3. The number of carbonyl (C=O) groups excluding carboxylic acids is 2. The van der Waals surface area contributed by atoms with Gasteiger partial charge in [0.25, 0.3) is 5.91 Å². The molecule has 6 nitrogen and oxygen atoms in total. The van der Waals surface area contributed by atoms with Crippen molar-refractivity contribution in [2.24, 2.45) is 0 Å². The van der Waals surface area contributed by atoms with Crippen molar-refractivity contribution in [3.63, 3.8) is 0 Å². The van der Waals surface area contributed by atoms with E-state index in [4.69, 9.17) is 14.2 Å². The summed E-state index contributed by atoms with van der Waals surface area (Å²) in [5.74, 6) is -0.152. The molecule has 3 aromatic carbocycles. The molecule has 0 bridgehead atoms. The summed E-state index contributed by atoms with van der Waals surface area (Å²) in [5.41, 5.74) is 2.76. The number of carbonyl (C=O) groups is 2. The van der Waals surface area contributed by atoms with Gasteiger partial charge in [0.2, 0.25) is 0 Å². The maximum absolute atomic E-state index is 12.7. The van der Waals surface area contributed by atoms with Crippen LogP contribution in [0.2, 0.25) is 0 Å². The van der Waals surface area contributed by atoms with Gasteiger partial charge in [-0.3, -0.25) is 4.79 Å². The first-order valence-electron chi connectivity index (χ1n) is 9.41. The van der Waals surface area contributed by atoms with Crippen LogP contribution < -0.4 is 14.8 Å². The highest BCUT2D eigenvalue weighted by Crippen LogP contribution is 2.29. The number of para-hydroxylation sites is 1. The number of hydrogen-bond acceptors (Lipinski definition) is 5. The van der Waals surface area contributed by atoms with Crippen LogP contribution in [0.25, 0.3) is 11.1 Å². The van der Waals surface area contributed by atoms with Crippen molar-refractivity contribution in [3.05, 3.63) is 78.4 Å². The molecule has 3 rings (SSSR count). The van der Waals surface area contributed by atoms with E-state index < -0.39 is 18.0 Å². The molecule has 0 aliphatic rings. The van der Waals surface area contributed by atoms with E-state index in [1.165, 1.54) is 27.2 Å². The van der Waals surface area contributed by atoms with Crippen molar-refractivity contribution in [2.75, 3.05) is 19.5 Å². The Labute approximate surface area is 175 Å². The molecule has 0 fully saturated rings. The number of benzene rings is 3. The average Bonchev–Trinajstić information content (AvgIpc) is 2.79. The van der Waals surface area contributed by atoms with Crippen molar-refractivity contribution in [1.82, 2.24) is 0 Å². The molecule has 1 atom stereocenters. The number of methoxy groups -OCH3 is 2. The Morgan fingerprint density at radius 1 is 0.833 bits per heavy atom. The van der Waals surface area contributed by atoms with E-state index in [9.17, 15) is 9.59 Å². The highest BCUT2D eigenvalue weighted by atomic mass is 16.5. The molecule has 1 amide bonds. The molecule has 0 heterocycles. The Hall–Kier alpha value is -3.80. The highest BCUT2D eigenvalue weighted by Gasteiger charge is 2.21. The van der Waals surface area contributed by atoms with Crippen molar-refractivity contribution < 1.29 is 23.8 Å². The molecule has 0 aliphatic heterocycles. The zero-order chi connectivity index (χ0) is 21.5. The first-order chi connectivity index (χ1) is 14.5. The summed E-state index contributed by atoms with van der Waals surface area (Å²) in [5, 5.41) is 2.85. The summed E-state index contributed by atoms with van der Waals surface area (Å²) >= 11 is 0. The van der Waals surface area contributed by atoms with Gasteiger partial charge in [0, 0.05) is 11.3 Å². The van der Waals surface area contributed by atoms with Crippen molar-refractivity contribution >= 4 is 17.6 Å². The lowest BCUT2D eigenvalue weighted by atomic mass is 10.0. The molecule has 0 saturated carbocycles. The molecule has 0 aliphatic carbocycles. The summed E-state index contributed by atoms with van der Waals surface area (Å²) in [6, 6.07) is 21.9. The molecule has 3 aromatic rings. The summed E-state index contributed by atoms with van der Waals surface area (Å²) in [6.07, 6.45) is -0.991. The van der Waals surface area contributed by atoms with Gasteiger partial charge in [-0.15, -0.1) is 0 Å². The van der Waals surface area contributed by atoms with E-state index in [1.807, 2.05) is 54.6 Å². The maximum Gasteiger partial charge on any atom is 0.339 e. The molecule has 154 valence electrons.